The van der Waals surface area contributed by atoms with Gasteiger partial charge in [0.05, 0.1) is 7.11 Å². The molecule has 3 heteroatoms. The van der Waals surface area contributed by atoms with Crippen LogP contribution in [-0.4, -0.2) is 37.4 Å². The van der Waals surface area contributed by atoms with E-state index < -0.39 is 0 Å². The van der Waals surface area contributed by atoms with Gasteiger partial charge < -0.3 is 9.64 Å². The zero-order valence-electron chi connectivity index (χ0n) is 13.1. The van der Waals surface area contributed by atoms with Gasteiger partial charge in [-0.2, -0.15) is 0 Å². The first kappa shape index (κ1) is 16.0. The number of methoxy groups -OCH3 is 1. The van der Waals surface area contributed by atoms with Crippen LogP contribution in [0.4, 0.5) is 0 Å². The van der Waals surface area contributed by atoms with Crippen molar-refractivity contribution < 1.29 is 9.53 Å². The van der Waals surface area contributed by atoms with E-state index in [0.717, 1.165) is 24.2 Å². The Morgan fingerprint density at radius 2 is 1.95 bits per heavy atom. The average Bonchev–Trinajstić information content (AvgIpc) is 2.55. The number of carbonyl (C=O) groups is 1. The fourth-order valence-electron chi connectivity index (χ4n) is 2.92. The van der Waals surface area contributed by atoms with E-state index in [1.807, 2.05) is 24.3 Å². The molecule has 0 aromatic heterocycles. The Bertz CT molecular complexity index is 439. The third kappa shape index (κ3) is 5.50. The Kier molecular flexibility index (Phi) is 6.74. The van der Waals surface area contributed by atoms with Crippen molar-refractivity contribution >= 4 is 5.78 Å². The number of ketones is 1. The lowest BCUT2D eigenvalue weighted by Crippen LogP contribution is -2.30. The van der Waals surface area contributed by atoms with Gasteiger partial charge >= 0.3 is 0 Å². The minimum atomic E-state index is 0.229. The van der Waals surface area contributed by atoms with Gasteiger partial charge in [-0.05, 0) is 57.5 Å². The summed E-state index contributed by atoms with van der Waals surface area (Å²) in [4.78, 5) is 14.7. The number of rotatable bonds is 8. The van der Waals surface area contributed by atoms with Crippen LogP contribution in [0.25, 0.3) is 0 Å². The molecule has 1 aliphatic rings. The summed E-state index contributed by atoms with van der Waals surface area (Å²) in [5.74, 6) is 0.984. The minimum Gasteiger partial charge on any atom is -0.497 e. The van der Waals surface area contributed by atoms with E-state index in [9.17, 15) is 4.79 Å². The Morgan fingerprint density at radius 3 is 2.71 bits per heavy atom. The van der Waals surface area contributed by atoms with Crippen molar-refractivity contribution in [1.29, 1.82) is 0 Å². The monoisotopic (exact) mass is 289 g/mol. The van der Waals surface area contributed by atoms with Crippen molar-refractivity contribution in [2.75, 3.05) is 26.7 Å². The van der Waals surface area contributed by atoms with E-state index in [-0.39, 0.29) is 5.78 Å². The highest BCUT2D eigenvalue weighted by Crippen LogP contribution is 2.16. The maximum atomic E-state index is 12.1. The summed E-state index contributed by atoms with van der Waals surface area (Å²) in [5.41, 5.74) is 0.769. The molecular weight excluding hydrogens is 262 g/mol. The molecule has 0 aliphatic carbocycles. The van der Waals surface area contributed by atoms with Crippen LogP contribution in [0.1, 0.15) is 55.3 Å². The van der Waals surface area contributed by atoms with Crippen molar-refractivity contribution in [2.24, 2.45) is 0 Å². The van der Waals surface area contributed by atoms with E-state index in [1.54, 1.807) is 7.11 Å². The summed E-state index contributed by atoms with van der Waals surface area (Å²) in [6.45, 7) is 3.73. The topological polar surface area (TPSA) is 29.5 Å². The average molecular weight is 289 g/mol. The molecule has 1 heterocycles. The molecule has 1 saturated heterocycles. The highest BCUT2D eigenvalue weighted by molar-refractivity contribution is 5.96. The van der Waals surface area contributed by atoms with Crippen LogP contribution in [-0.2, 0) is 0 Å². The van der Waals surface area contributed by atoms with E-state index >= 15 is 0 Å². The van der Waals surface area contributed by atoms with Gasteiger partial charge in [-0.25, -0.2) is 0 Å². The van der Waals surface area contributed by atoms with E-state index in [2.05, 4.69) is 4.90 Å². The molecule has 2 rings (SSSR count). The molecular formula is C18H27NO2. The summed E-state index contributed by atoms with van der Waals surface area (Å²) < 4.78 is 5.16. The largest absolute Gasteiger partial charge is 0.497 e. The molecule has 3 nitrogen and oxygen atoms in total. The predicted molar refractivity (Wildman–Crippen MR) is 86.1 cm³/mol. The molecule has 0 spiro atoms. The van der Waals surface area contributed by atoms with Gasteiger partial charge in [0.15, 0.2) is 5.78 Å². The number of benzene rings is 1. The Hall–Kier alpha value is -1.35. The molecule has 0 atom stereocenters. The maximum Gasteiger partial charge on any atom is 0.163 e. The van der Waals surface area contributed by atoms with Crippen LogP contribution < -0.4 is 4.74 Å². The summed E-state index contributed by atoms with van der Waals surface area (Å²) in [7, 11) is 1.63. The minimum absolute atomic E-state index is 0.229. The molecule has 1 fully saturated rings. The number of unbranched alkanes of at least 4 members (excludes halogenated alkanes) is 2. The highest BCUT2D eigenvalue weighted by Gasteiger charge is 2.10. The summed E-state index contributed by atoms with van der Waals surface area (Å²) in [6, 6.07) is 7.45. The number of likely N-dealkylation sites (tertiary alicyclic amines) is 1. The zero-order valence-corrected chi connectivity index (χ0v) is 13.1. The van der Waals surface area contributed by atoms with E-state index in [4.69, 9.17) is 4.74 Å². The van der Waals surface area contributed by atoms with Gasteiger partial charge in [0.2, 0.25) is 0 Å². The van der Waals surface area contributed by atoms with E-state index in [1.165, 1.54) is 45.3 Å². The van der Waals surface area contributed by atoms with Crippen LogP contribution in [0.15, 0.2) is 24.3 Å². The smallest absolute Gasteiger partial charge is 0.163 e. The quantitative estimate of drug-likeness (QED) is 0.536. The lowest BCUT2D eigenvalue weighted by atomic mass is 10.0. The van der Waals surface area contributed by atoms with Crippen molar-refractivity contribution in [3.8, 4) is 5.75 Å². The van der Waals surface area contributed by atoms with Crippen LogP contribution in [0.5, 0.6) is 5.75 Å². The number of piperidine rings is 1. The molecule has 1 aromatic carbocycles. The van der Waals surface area contributed by atoms with Gasteiger partial charge in [-0.3, -0.25) is 4.79 Å². The third-order valence-electron chi connectivity index (χ3n) is 4.22. The normalized spacial score (nSPS) is 15.9. The standard InChI is InChI=1S/C18H27NO2/c1-21-17-10-8-9-16(15-17)18(20)11-4-2-5-12-19-13-6-3-7-14-19/h8-10,15H,2-7,11-14H2,1H3. The second kappa shape index (κ2) is 8.83. The first-order valence-electron chi connectivity index (χ1n) is 8.19. The third-order valence-corrected chi connectivity index (χ3v) is 4.22. The molecule has 0 bridgehead atoms. The fraction of sp³-hybridized carbons (Fsp3) is 0.611. The molecule has 0 saturated carbocycles. The number of carbonyl (C=O) groups excluding carboxylic acids is 1. The van der Waals surface area contributed by atoms with Crippen molar-refractivity contribution in [2.45, 2.75) is 44.9 Å². The molecule has 0 radical (unpaired) electrons. The fourth-order valence-corrected chi connectivity index (χ4v) is 2.92. The molecule has 1 aromatic rings. The number of Topliss-reactive ketones (excluding diaryl/α,β-unsaturated/α-hetero) is 1. The molecule has 21 heavy (non-hydrogen) atoms. The zero-order chi connectivity index (χ0) is 14.9. The van der Waals surface area contributed by atoms with Crippen LogP contribution in [0.2, 0.25) is 0 Å². The molecule has 0 N–H and O–H groups in total. The number of nitrogens with zero attached hydrogens (tertiary/aromatic N) is 1. The van der Waals surface area contributed by atoms with Crippen molar-refractivity contribution in [3.05, 3.63) is 29.8 Å². The highest BCUT2D eigenvalue weighted by atomic mass is 16.5. The summed E-state index contributed by atoms with van der Waals surface area (Å²) >= 11 is 0. The number of hydrogen-bond donors (Lipinski definition) is 0. The van der Waals surface area contributed by atoms with Crippen molar-refractivity contribution in [3.63, 3.8) is 0 Å². The van der Waals surface area contributed by atoms with Crippen LogP contribution >= 0.6 is 0 Å². The number of hydrogen-bond acceptors (Lipinski definition) is 3. The molecule has 0 unspecified atom stereocenters. The lowest BCUT2D eigenvalue weighted by Gasteiger charge is -2.26. The second-order valence-electron chi connectivity index (χ2n) is 5.87. The summed E-state index contributed by atoms with van der Waals surface area (Å²) in [5, 5.41) is 0. The SMILES string of the molecule is COc1cccc(C(=O)CCCCCN2CCCCC2)c1. The molecule has 1 aliphatic heterocycles. The van der Waals surface area contributed by atoms with E-state index in [0.29, 0.717) is 6.42 Å². The van der Waals surface area contributed by atoms with Gasteiger partial charge in [0, 0.05) is 12.0 Å². The van der Waals surface area contributed by atoms with Gasteiger partial charge in [0.25, 0.3) is 0 Å². The maximum absolute atomic E-state index is 12.1. The van der Waals surface area contributed by atoms with Crippen LogP contribution in [0.3, 0.4) is 0 Å². The first-order valence-corrected chi connectivity index (χ1v) is 8.19. The summed E-state index contributed by atoms with van der Waals surface area (Å²) in [6.07, 6.45) is 8.10. The first-order chi connectivity index (χ1) is 10.3. The van der Waals surface area contributed by atoms with Gasteiger partial charge in [-0.15, -0.1) is 0 Å². The predicted octanol–water partition coefficient (Wildman–Crippen LogP) is 3.92. The Morgan fingerprint density at radius 1 is 1.14 bits per heavy atom. The van der Waals surface area contributed by atoms with Gasteiger partial charge in [-0.1, -0.05) is 25.0 Å². The Labute approximate surface area is 128 Å². The Balaban J connectivity index is 1.62. The number of ether oxygens (including phenoxy) is 1. The molecule has 116 valence electrons. The van der Waals surface area contributed by atoms with Gasteiger partial charge in [0.1, 0.15) is 5.75 Å². The second-order valence-corrected chi connectivity index (χ2v) is 5.87. The van der Waals surface area contributed by atoms with Crippen molar-refractivity contribution in [1.82, 2.24) is 4.90 Å². The van der Waals surface area contributed by atoms with Crippen LogP contribution in [0, 0.1) is 0 Å². The molecule has 0 amide bonds. The lowest BCUT2D eigenvalue weighted by molar-refractivity contribution is 0.0978.